The van der Waals surface area contributed by atoms with Crippen molar-refractivity contribution in [2.45, 2.75) is 45.1 Å². The minimum Gasteiger partial charge on any atom is -0.381 e. The van der Waals surface area contributed by atoms with E-state index in [1.54, 1.807) is 19.2 Å². The van der Waals surface area contributed by atoms with E-state index < -0.39 is 5.91 Å². The van der Waals surface area contributed by atoms with Crippen LogP contribution in [0.15, 0.2) is 36.6 Å². The average Bonchev–Trinajstić information content (AvgIpc) is 2.82. The third-order valence-corrected chi connectivity index (χ3v) is 5.31. The Morgan fingerprint density at radius 3 is 2.53 bits per heavy atom. The Labute approximate surface area is 201 Å². The summed E-state index contributed by atoms with van der Waals surface area (Å²) in [6.45, 7) is 12.3. The van der Waals surface area contributed by atoms with Crippen LogP contribution in [0.2, 0.25) is 0 Å². The lowest BCUT2D eigenvalue weighted by atomic mass is 10.1. The van der Waals surface area contributed by atoms with Gasteiger partial charge < -0.3 is 31.7 Å². The molecule has 34 heavy (non-hydrogen) atoms. The molecule has 2 amide bonds. The summed E-state index contributed by atoms with van der Waals surface area (Å²) in [5.74, 6) is 0.177. The summed E-state index contributed by atoms with van der Waals surface area (Å²) in [5.41, 5.74) is 7.69. The zero-order chi connectivity index (χ0) is 24.9. The van der Waals surface area contributed by atoms with Crippen LogP contribution >= 0.6 is 0 Å². The first-order valence-electron chi connectivity index (χ1n) is 11.6. The summed E-state index contributed by atoms with van der Waals surface area (Å²) < 4.78 is 5.43. The van der Waals surface area contributed by atoms with Crippen molar-refractivity contribution < 1.29 is 14.3 Å². The van der Waals surface area contributed by atoms with Crippen molar-refractivity contribution in [2.24, 2.45) is 5.73 Å². The Balaban J connectivity index is 2.14. The lowest BCUT2D eigenvalue weighted by Gasteiger charge is -2.25. The van der Waals surface area contributed by atoms with Gasteiger partial charge in [-0.05, 0) is 44.9 Å². The van der Waals surface area contributed by atoms with Crippen LogP contribution in [0.4, 0.5) is 11.6 Å². The van der Waals surface area contributed by atoms with Crippen molar-refractivity contribution in [3.63, 3.8) is 0 Å². The number of nitrogens with two attached hydrogens (primary N) is 1. The molecular formula is C24H37N7O3. The minimum absolute atomic E-state index is 0.0184. The van der Waals surface area contributed by atoms with Crippen molar-refractivity contribution in [2.75, 3.05) is 44.0 Å². The number of primary amides is 1. The van der Waals surface area contributed by atoms with Crippen LogP contribution in [0.25, 0.3) is 0 Å². The Morgan fingerprint density at radius 1 is 1.18 bits per heavy atom. The van der Waals surface area contributed by atoms with Gasteiger partial charge in [-0.15, -0.1) is 0 Å². The first-order valence-corrected chi connectivity index (χ1v) is 11.6. The number of carbonyl (C=O) groups excluding carboxylic acids is 2. The summed E-state index contributed by atoms with van der Waals surface area (Å²) in [5, 5.41) is 12.3. The predicted octanol–water partition coefficient (Wildman–Crippen LogP) is 1.88. The van der Waals surface area contributed by atoms with Gasteiger partial charge in [0.05, 0.1) is 5.69 Å². The molecule has 186 valence electrons. The third-order valence-electron chi connectivity index (χ3n) is 5.31. The molecule has 1 saturated heterocycles. The van der Waals surface area contributed by atoms with Gasteiger partial charge in [-0.1, -0.05) is 25.7 Å². The van der Waals surface area contributed by atoms with Crippen LogP contribution in [0.5, 0.6) is 0 Å². The molecule has 6 N–H and O–H groups in total. The van der Waals surface area contributed by atoms with Crippen molar-refractivity contribution >= 4 is 23.5 Å². The quantitative estimate of drug-likeness (QED) is 0.259. The molecule has 1 aliphatic rings. The third kappa shape index (κ3) is 8.60. The number of amides is 2. The van der Waals surface area contributed by atoms with E-state index in [1.165, 1.54) is 0 Å². The lowest BCUT2D eigenvalue weighted by molar-refractivity contribution is -0.120. The van der Waals surface area contributed by atoms with Crippen LogP contribution in [0.1, 0.15) is 48.8 Å². The number of aryl methyl sites for hydroxylation is 1. The molecule has 0 spiro atoms. The molecule has 0 radical (unpaired) electrons. The molecule has 2 rings (SSSR count). The summed E-state index contributed by atoms with van der Waals surface area (Å²) >= 11 is 0. The van der Waals surface area contributed by atoms with Crippen molar-refractivity contribution in [1.29, 1.82) is 0 Å². The first kappa shape index (κ1) is 27.0. The van der Waals surface area contributed by atoms with Gasteiger partial charge in [0, 0.05) is 44.5 Å². The number of hydrogen-bond donors (Lipinski definition) is 5. The molecular weight excluding hydrogens is 434 g/mol. The maximum atomic E-state index is 12.1. The molecule has 0 bridgehead atoms. The van der Waals surface area contributed by atoms with Crippen molar-refractivity contribution in [1.82, 2.24) is 20.6 Å². The van der Waals surface area contributed by atoms with Crippen molar-refractivity contribution in [3.8, 4) is 0 Å². The highest BCUT2D eigenvalue weighted by Gasteiger charge is 2.20. The first-order chi connectivity index (χ1) is 16.4. The second-order valence-corrected chi connectivity index (χ2v) is 8.01. The molecule has 1 aromatic heterocycles. The van der Waals surface area contributed by atoms with Gasteiger partial charge in [-0.25, -0.2) is 9.97 Å². The Bertz CT molecular complexity index is 908. The molecule has 10 nitrogen and oxygen atoms in total. The minimum atomic E-state index is -0.672. The van der Waals surface area contributed by atoms with Gasteiger partial charge >= 0.3 is 0 Å². The second kappa shape index (κ2) is 14.1. The average molecular weight is 472 g/mol. The molecule has 2 heterocycles. The van der Waals surface area contributed by atoms with Crippen molar-refractivity contribution in [3.05, 3.63) is 48.0 Å². The number of carbonyl (C=O) groups is 2. The molecule has 0 aliphatic carbocycles. The number of anilines is 2. The molecule has 1 aliphatic heterocycles. The Morgan fingerprint density at radius 2 is 1.91 bits per heavy atom. The van der Waals surface area contributed by atoms with Crippen LogP contribution < -0.4 is 27.0 Å². The number of ether oxygens (including phenoxy) is 1. The van der Waals surface area contributed by atoms with Crippen LogP contribution in [-0.2, 0) is 16.0 Å². The summed E-state index contributed by atoms with van der Waals surface area (Å²) in [6.07, 6.45) is 6.71. The molecule has 0 aromatic carbocycles. The molecule has 0 unspecified atom stereocenters. The largest absolute Gasteiger partial charge is 0.381 e. The molecule has 10 heteroatoms. The number of nitrogens with zero attached hydrogens (tertiary/aromatic N) is 2. The highest BCUT2D eigenvalue weighted by molar-refractivity contribution is 5.96. The standard InChI is InChI=1S/C24H37N7O3/c1-5-17(15-16(3)7-12-27-20(32)8-11-26-4)28-24-21(22(25)33)30-19(6-2)23(31-24)29-18-9-13-34-14-10-18/h5,15,18,26H,1,3,6-14H2,2,4H3,(H2,25,33)(H,27,32)(H2,28,29,31)/b17-15+. The van der Waals surface area contributed by atoms with Gasteiger partial charge in [-0.3, -0.25) is 9.59 Å². The van der Waals surface area contributed by atoms with E-state index in [0.29, 0.717) is 62.8 Å². The van der Waals surface area contributed by atoms with E-state index >= 15 is 0 Å². The zero-order valence-electron chi connectivity index (χ0n) is 20.2. The van der Waals surface area contributed by atoms with Gasteiger partial charge in [0.2, 0.25) is 5.91 Å². The molecule has 0 saturated carbocycles. The smallest absolute Gasteiger partial charge is 0.271 e. The number of rotatable bonds is 14. The van der Waals surface area contributed by atoms with Crippen LogP contribution in [-0.4, -0.2) is 61.2 Å². The summed E-state index contributed by atoms with van der Waals surface area (Å²) in [4.78, 5) is 33.0. The lowest BCUT2D eigenvalue weighted by Crippen LogP contribution is -2.29. The summed E-state index contributed by atoms with van der Waals surface area (Å²) in [6, 6.07) is 0.221. The zero-order valence-corrected chi connectivity index (χ0v) is 20.2. The van der Waals surface area contributed by atoms with E-state index in [1.807, 2.05) is 6.92 Å². The number of hydrogen-bond acceptors (Lipinski definition) is 8. The Kier molecular flexibility index (Phi) is 11.2. The van der Waals surface area contributed by atoms with Gasteiger partial charge in [-0.2, -0.15) is 0 Å². The molecule has 1 aromatic rings. The highest BCUT2D eigenvalue weighted by Crippen LogP contribution is 2.23. The van der Waals surface area contributed by atoms with Gasteiger partial charge in [0.15, 0.2) is 17.3 Å². The fraction of sp³-hybridized carbons (Fsp3) is 0.500. The normalized spacial score (nSPS) is 14.4. The molecule has 1 fully saturated rings. The van der Waals surface area contributed by atoms with Gasteiger partial charge in [0.1, 0.15) is 0 Å². The number of aromatic nitrogens is 2. The number of nitrogens with one attached hydrogen (secondary N) is 4. The maximum absolute atomic E-state index is 12.1. The van der Waals surface area contributed by atoms with Crippen LogP contribution in [0.3, 0.4) is 0 Å². The van der Waals surface area contributed by atoms with E-state index in [9.17, 15) is 9.59 Å². The Hall–Kier alpha value is -3.24. The van der Waals surface area contributed by atoms with E-state index in [-0.39, 0.29) is 23.5 Å². The van der Waals surface area contributed by atoms with E-state index in [2.05, 4.69) is 44.4 Å². The predicted molar refractivity (Wildman–Crippen MR) is 135 cm³/mol. The van der Waals surface area contributed by atoms with E-state index in [0.717, 1.165) is 18.4 Å². The van der Waals surface area contributed by atoms with Gasteiger partial charge in [0.25, 0.3) is 5.91 Å². The monoisotopic (exact) mass is 471 g/mol. The highest BCUT2D eigenvalue weighted by atomic mass is 16.5. The molecule has 0 atom stereocenters. The number of allylic oxidation sites excluding steroid dienone is 2. The van der Waals surface area contributed by atoms with Crippen LogP contribution in [0, 0.1) is 0 Å². The summed E-state index contributed by atoms with van der Waals surface area (Å²) in [7, 11) is 1.80. The maximum Gasteiger partial charge on any atom is 0.271 e. The fourth-order valence-electron chi connectivity index (χ4n) is 3.39. The second-order valence-electron chi connectivity index (χ2n) is 8.01. The topological polar surface area (TPSA) is 143 Å². The SMILES string of the molecule is C=C/C(=C\C(=C)CCNC(=O)CCNC)Nc1nc(NC2CCOCC2)c(CC)nc1C(N)=O. The fourth-order valence-corrected chi connectivity index (χ4v) is 3.39. The van der Waals surface area contributed by atoms with E-state index in [4.69, 9.17) is 10.5 Å².